The molecule has 0 fully saturated rings. The molecule has 2 aromatic rings. The third-order valence-corrected chi connectivity index (χ3v) is 3.27. The summed E-state index contributed by atoms with van der Waals surface area (Å²) in [6, 6.07) is 8.06. The van der Waals surface area contributed by atoms with Gasteiger partial charge in [-0.25, -0.2) is 0 Å². The lowest BCUT2D eigenvalue weighted by Gasteiger charge is -2.12. The zero-order valence-electron chi connectivity index (χ0n) is 10.3. The van der Waals surface area contributed by atoms with Gasteiger partial charge >= 0.3 is 0 Å². The molecule has 1 atom stereocenters. The maximum Gasteiger partial charge on any atom is 0.0625 e. The van der Waals surface area contributed by atoms with Crippen molar-refractivity contribution in [2.75, 3.05) is 7.11 Å². The minimum absolute atomic E-state index is 0.295. The Labute approximate surface area is 107 Å². The maximum absolute atomic E-state index is 5.97. The summed E-state index contributed by atoms with van der Waals surface area (Å²) in [7, 11) is 1.78. The minimum atomic E-state index is 0.295. The van der Waals surface area contributed by atoms with Crippen LogP contribution in [-0.2, 0) is 11.2 Å². The van der Waals surface area contributed by atoms with Crippen molar-refractivity contribution in [3.63, 3.8) is 0 Å². The average Bonchev–Trinajstić information content (AvgIpc) is 2.69. The first-order valence-corrected chi connectivity index (χ1v) is 6.40. The number of methoxy groups -OCH3 is 1. The van der Waals surface area contributed by atoms with Gasteiger partial charge in [0.15, 0.2) is 0 Å². The van der Waals surface area contributed by atoms with Gasteiger partial charge in [-0.05, 0) is 30.7 Å². The van der Waals surface area contributed by atoms with Crippen molar-refractivity contribution in [3.05, 3.63) is 35.0 Å². The third kappa shape index (κ3) is 3.02. The Morgan fingerprint density at radius 3 is 2.88 bits per heavy atom. The fraction of sp³-hybridized carbons (Fsp3) is 0.429. The van der Waals surface area contributed by atoms with E-state index in [9.17, 15) is 0 Å². The molecule has 0 spiro atoms. The Bertz CT molecular complexity index is 492. The van der Waals surface area contributed by atoms with Gasteiger partial charge in [0.25, 0.3) is 0 Å². The molecule has 0 amide bonds. The zero-order chi connectivity index (χ0) is 12.3. The molecule has 0 aliphatic rings. The number of ether oxygens (including phenoxy) is 1. The highest BCUT2D eigenvalue weighted by Crippen LogP contribution is 2.21. The summed E-state index contributed by atoms with van der Waals surface area (Å²) in [5, 5.41) is 1.94. The fourth-order valence-electron chi connectivity index (χ4n) is 2.14. The molecule has 1 aromatic carbocycles. The van der Waals surface area contributed by atoms with E-state index in [4.69, 9.17) is 16.3 Å². The highest BCUT2D eigenvalue weighted by atomic mass is 35.5. The molecule has 17 heavy (non-hydrogen) atoms. The van der Waals surface area contributed by atoms with E-state index >= 15 is 0 Å². The number of benzene rings is 1. The number of aromatic amines is 1. The molecule has 1 heterocycles. The summed E-state index contributed by atoms with van der Waals surface area (Å²) in [6.07, 6.45) is 3.46. The van der Waals surface area contributed by atoms with Crippen molar-refractivity contribution in [2.24, 2.45) is 0 Å². The summed E-state index contributed by atoms with van der Waals surface area (Å²) in [5.41, 5.74) is 2.35. The van der Waals surface area contributed by atoms with Crippen LogP contribution in [0.2, 0.25) is 5.02 Å². The molecular formula is C14H18ClNO. The molecule has 92 valence electrons. The number of rotatable bonds is 5. The van der Waals surface area contributed by atoms with Gasteiger partial charge in [0.1, 0.15) is 0 Å². The van der Waals surface area contributed by atoms with Crippen LogP contribution in [0.1, 0.15) is 25.5 Å². The number of aromatic nitrogens is 1. The van der Waals surface area contributed by atoms with Gasteiger partial charge in [-0.1, -0.05) is 24.9 Å². The van der Waals surface area contributed by atoms with E-state index in [1.54, 1.807) is 7.11 Å². The second-order valence-corrected chi connectivity index (χ2v) is 4.81. The highest BCUT2D eigenvalue weighted by Gasteiger charge is 2.09. The lowest BCUT2D eigenvalue weighted by atomic mass is 10.1. The summed E-state index contributed by atoms with van der Waals surface area (Å²) in [4.78, 5) is 3.41. The molecule has 0 aliphatic heterocycles. The second kappa shape index (κ2) is 5.56. The van der Waals surface area contributed by atoms with Crippen molar-refractivity contribution < 1.29 is 4.74 Å². The van der Waals surface area contributed by atoms with Gasteiger partial charge in [-0.3, -0.25) is 0 Å². The summed E-state index contributed by atoms with van der Waals surface area (Å²) < 4.78 is 5.47. The van der Waals surface area contributed by atoms with Crippen LogP contribution in [0.3, 0.4) is 0 Å². The average molecular weight is 252 g/mol. The standard InChI is InChI=1S/C14H18ClNO/c1-3-4-13(17-2)9-12-8-10-7-11(15)5-6-14(10)16-12/h5-8,13,16H,3-4,9H2,1-2H3. The Hall–Kier alpha value is -0.990. The topological polar surface area (TPSA) is 25.0 Å². The van der Waals surface area contributed by atoms with Gasteiger partial charge in [-0.15, -0.1) is 0 Å². The molecule has 0 bridgehead atoms. The Balaban J connectivity index is 2.18. The summed E-state index contributed by atoms with van der Waals surface area (Å²) in [5.74, 6) is 0. The van der Waals surface area contributed by atoms with Crippen molar-refractivity contribution in [3.8, 4) is 0 Å². The van der Waals surface area contributed by atoms with Crippen molar-refractivity contribution >= 4 is 22.5 Å². The van der Waals surface area contributed by atoms with E-state index in [1.807, 2.05) is 18.2 Å². The molecule has 2 rings (SSSR count). The number of hydrogen-bond donors (Lipinski definition) is 1. The molecule has 0 saturated carbocycles. The smallest absolute Gasteiger partial charge is 0.0625 e. The molecule has 1 unspecified atom stereocenters. The maximum atomic E-state index is 5.97. The highest BCUT2D eigenvalue weighted by molar-refractivity contribution is 6.31. The van der Waals surface area contributed by atoms with Crippen LogP contribution in [0.25, 0.3) is 10.9 Å². The third-order valence-electron chi connectivity index (χ3n) is 3.03. The van der Waals surface area contributed by atoms with E-state index in [0.29, 0.717) is 6.10 Å². The van der Waals surface area contributed by atoms with Gasteiger partial charge in [0, 0.05) is 35.2 Å². The van der Waals surface area contributed by atoms with Crippen LogP contribution in [0.4, 0.5) is 0 Å². The van der Waals surface area contributed by atoms with Gasteiger partial charge in [-0.2, -0.15) is 0 Å². The van der Waals surface area contributed by atoms with Crippen LogP contribution < -0.4 is 0 Å². The van der Waals surface area contributed by atoms with Gasteiger partial charge in [0.2, 0.25) is 0 Å². The normalized spacial score (nSPS) is 13.1. The molecule has 3 heteroatoms. The Morgan fingerprint density at radius 1 is 1.35 bits per heavy atom. The molecule has 1 N–H and O–H groups in total. The Kier molecular flexibility index (Phi) is 4.08. The van der Waals surface area contributed by atoms with Crippen molar-refractivity contribution in [1.29, 1.82) is 0 Å². The number of nitrogens with one attached hydrogen (secondary N) is 1. The number of fused-ring (bicyclic) bond motifs is 1. The number of halogens is 1. The van der Waals surface area contributed by atoms with E-state index in [-0.39, 0.29) is 0 Å². The SMILES string of the molecule is CCCC(Cc1cc2cc(Cl)ccc2[nH]1)OC. The first kappa shape index (κ1) is 12.5. The van der Waals surface area contributed by atoms with E-state index < -0.39 is 0 Å². The molecule has 0 saturated heterocycles. The molecule has 0 radical (unpaired) electrons. The van der Waals surface area contributed by atoms with Gasteiger partial charge in [0.05, 0.1) is 6.10 Å². The summed E-state index contributed by atoms with van der Waals surface area (Å²) >= 11 is 5.97. The monoisotopic (exact) mass is 251 g/mol. The van der Waals surface area contributed by atoms with Crippen molar-refractivity contribution in [2.45, 2.75) is 32.3 Å². The minimum Gasteiger partial charge on any atom is -0.381 e. The van der Waals surface area contributed by atoms with Gasteiger partial charge < -0.3 is 9.72 Å². The Morgan fingerprint density at radius 2 is 2.18 bits per heavy atom. The lowest BCUT2D eigenvalue weighted by Crippen LogP contribution is -2.13. The molecule has 1 aromatic heterocycles. The first-order chi connectivity index (χ1) is 8.22. The number of H-pyrrole nitrogens is 1. The van der Waals surface area contributed by atoms with E-state index in [1.165, 1.54) is 11.1 Å². The van der Waals surface area contributed by atoms with E-state index in [0.717, 1.165) is 29.8 Å². The predicted molar refractivity (Wildman–Crippen MR) is 72.7 cm³/mol. The summed E-state index contributed by atoms with van der Waals surface area (Å²) in [6.45, 7) is 2.18. The number of hydrogen-bond acceptors (Lipinski definition) is 1. The first-order valence-electron chi connectivity index (χ1n) is 6.03. The second-order valence-electron chi connectivity index (χ2n) is 4.38. The van der Waals surface area contributed by atoms with Crippen LogP contribution in [-0.4, -0.2) is 18.2 Å². The fourth-order valence-corrected chi connectivity index (χ4v) is 2.32. The predicted octanol–water partition coefficient (Wildman–Crippen LogP) is 4.18. The quantitative estimate of drug-likeness (QED) is 0.847. The van der Waals surface area contributed by atoms with Crippen LogP contribution in [0.5, 0.6) is 0 Å². The van der Waals surface area contributed by atoms with Crippen LogP contribution >= 0.6 is 11.6 Å². The van der Waals surface area contributed by atoms with E-state index in [2.05, 4.69) is 18.0 Å². The van der Waals surface area contributed by atoms with Crippen LogP contribution in [0, 0.1) is 0 Å². The lowest BCUT2D eigenvalue weighted by molar-refractivity contribution is 0.0943. The molecule has 2 nitrogen and oxygen atoms in total. The van der Waals surface area contributed by atoms with Crippen molar-refractivity contribution in [1.82, 2.24) is 4.98 Å². The molecular weight excluding hydrogens is 234 g/mol. The molecule has 0 aliphatic carbocycles. The zero-order valence-corrected chi connectivity index (χ0v) is 11.1. The van der Waals surface area contributed by atoms with Crippen LogP contribution in [0.15, 0.2) is 24.3 Å². The largest absolute Gasteiger partial charge is 0.381 e.